The van der Waals surface area contributed by atoms with E-state index in [9.17, 15) is 4.39 Å². The van der Waals surface area contributed by atoms with E-state index < -0.39 is 0 Å². The lowest BCUT2D eigenvalue weighted by molar-refractivity contribution is 0.460. The number of aromatic nitrogens is 1. The standard InChI is InChI=1S/C10H15FN2/c11-5-1-6-12-7-2-10-3-8-13-9-4-10/h3-4,8-9,12H,1-2,5-7H2. The molecule has 1 aromatic heterocycles. The van der Waals surface area contributed by atoms with Crippen LogP contribution in [0.1, 0.15) is 12.0 Å². The van der Waals surface area contributed by atoms with Crippen LogP contribution in [0.25, 0.3) is 0 Å². The quantitative estimate of drug-likeness (QED) is 0.675. The second kappa shape index (κ2) is 6.54. The Hall–Kier alpha value is -0.960. The summed E-state index contributed by atoms with van der Waals surface area (Å²) in [6, 6.07) is 3.99. The molecule has 0 fully saturated rings. The third kappa shape index (κ3) is 4.58. The van der Waals surface area contributed by atoms with Crippen molar-refractivity contribution in [3.63, 3.8) is 0 Å². The van der Waals surface area contributed by atoms with E-state index in [0.29, 0.717) is 6.42 Å². The molecule has 0 aliphatic heterocycles. The molecule has 13 heavy (non-hydrogen) atoms. The summed E-state index contributed by atoms with van der Waals surface area (Å²) in [6.07, 6.45) is 5.17. The lowest BCUT2D eigenvalue weighted by atomic mass is 10.2. The van der Waals surface area contributed by atoms with Gasteiger partial charge in [0.1, 0.15) is 0 Å². The van der Waals surface area contributed by atoms with Gasteiger partial charge in [-0.15, -0.1) is 0 Å². The summed E-state index contributed by atoms with van der Waals surface area (Å²) in [7, 11) is 0. The number of rotatable bonds is 6. The zero-order valence-electron chi connectivity index (χ0n) is 7.67. The van der Waals surface area contributed by atoms with E-state index in [1.807, 2.05) is 12.1 Å². The molecule has 3 heteroatoms. The van der Waals surface area contributed by atoms with Crippen molar-refractivity contribution in [2.45, 2.75) is 12.8 Å². The van der Waals surface area contributed by atoms with Gasteiger partial charge >= 0.3 is 0 Å². The number of hydrogen-bond donors (Lipinski definition) is 1. The molecule has 1 aromatic rings. The molecule has 1 rings (SSSR count). The van der Waals surface area contributed by atoms with Gasteiger partial charge in [-0.25, -0.2) is 0 Å². The van der Waals surface area contributed by atoms with Crippen LogP contribution in [0.3, 0.4) is 0 Å². The predicted molar refractivity (Wildman–Crippen MR) is 51.4 cm³/mol. The molecule has 0 spiro atoms. The fraction of sp³-hybridized carbons (Fsp3) is 0.500. The molecular formula is C10H15FN2. The average molecular weight is 182 g/mol. The van der Waals surface area contributed by atoms with Crippen molar-refractivity contribution in [1.82, 2.24) is 10.3 Å². The summed E-state index contributed by atoms with van der Waals surface area (Å²) >= 11 is 0. The van der Waals surface area contributed by atoms with Gasteiger partial charge < -0.3 is 5.32 Å². The number of alkyl halides is 1. The highest BCUT2D eigenvalue weighted by Crippen LogP contribution is 1.95. The Morgan fingerprint density at radius 1 is 1.23 bits per heavy atom. The van der Waals surface area contributed by atoms with Crippen LogP contribution in [0.4, 0.5) is 4.39 Å². The molecule has 0 radical (unpaired) electrons. The van der Waals surface area contributed by atoms with E-state index in [1.54, 1.807) is 12.4 Å². The highest BCUT2D eigenvalue weighted by Gasteiger charge is 1.91. The van der Waals surface area contributed by atoms with Gasteiger partial charge in [0.2, 0.25) is 0 Å². The fourth-order valence-electron chi connectivity index (χ4n) is 1.10. The highest BCUT2D eigenvalue weighted by molar-refractivity contribution is 5.09. The summed E-state index contributed by atoms with van der Waals surface area (Å²) in [5.41, 5.74) is 1.27. The van der Waals surface area contributed by atoms with Crippen LogP contribution >= 0.6 is 0 Å². The van der Waals surface area contributed by atoms with Crippen LogP contribution in [0.2, 0.25) is 0 Å². The zero-order chi connectivity index (χ0) is 9.36. The fourth-order valence-corrected chi connectivity index (χ4v) is 1.10. The Kier molecular flexibility index (Phi) is 5.10. The highest BCUT2D eigenvalue weighted by atomic mass is 19.1. The molecule has 0 saturated heterocycles. The van der Waals surface area contributed by atoms with Crippen LogP contribution in [-0.4, -0.2) is 24.7 Å². The van der Waals surface area contributed by atoms with Gasteiger partial charge in [-0.2, -0.15) is 0 Å². The predicted octanol–water partition coefficient (Wildman–Crippen LogP) is 1.57. The number of nitrogens with one attached hydrogen (secondary N) is 1. The van der Waals surface area contributed by atoms with Crippen molar-refractivity contribution in [3.05, 3.63) is 30.1 Å². The molecule has 0 bridgehead atoms. The minimum Gasteiger partial charge on any atom is -0.316 e. The second-order valence-electron chi connectivity index (χ2n) is 2.90. The first kappa shape index (κ1) is 10.1. The molecule has 72 valence electrons. The Balaban J connectivity index is 2.07. The Bertz CT molecular complexity index is 213. The smallest absolute Gasteiger partial charge is 0.0906 e. The van der Waals surface area contributed by atoms with E-state index in [2.05, 4.69) is 10.3 Å². The van der Waals surface area contributed by atoms with Crippen LogP contribution in [0.5, 0.6) is 0 Å². The first-order chi connectivity index (χ1) is 6.43. The van der Waals surface area contributed by atoms with E-state index in [-0.39, 0.29) is 6.67 Å². The maximum absolute atomic E-state index is 11.7. The number of nitrogens with zero attached hydrogens (tertiary/aromatic N) is 1. The van der Waals surface area contributed by atoms with E-state index in [1.165, 1.54) is 5.56 Å². The third-order valence-corrected chi connectivity index (χ3v) is 1.83. The molecule has 0 saturated carbocycles. The first-order valence-electron chi connectivity index (χ1n) is 4.59. The van der Waals surface area contributed by atoms with Crippen molar-refractivity contribution in [1.29, 1.82) is 0 Å². The summed E-state index contributed by atoms with van der Waals surface area (Å²) in [5.74, 6) is 0. The topological polar surface area (TPSA) is 24.9 Å². The normalized spacial score (nSPS) is 10.2. The van der Waals surface area contributed by atoms with Crippen molar-refractivity contribution >= 4 is 0 Å². The SMILES string of the molecule is FCCCNCCc1ccncc1. The molecule has 0 aromatic carbocycles. The molecule has 1 N–H and O–H groups in total. The molecule has 1 heterocycles. The third-order valence-electron chi connectivity index (χ3n) is 1.83. The Morgan fingerprint density at radius 3 is 2.69 bits per heavy atom. The minimum absolute atomic E-state index is 0.234. The average Bonchev–Trinajstić information content (AvgIpc) is 2.19. The lowest BCUT2D eigenvalue weighted by Crippen LogP contribution is -2.18. The minimum atomic E-state index is -0.234. The van der Waals surface area contributed by atoms with Gasteiger partial charge in [0.05, 0.1) is 6.67 Å². The molecule has 0 atom stereocenters. The van der Waals surface area contributed by atoms with Gasteiger partial charge in [0, 0.05) is 12.4 Å². The Morgan fingerprint density at radius 2 is 2.00 bits per heavy atom. The summed E-state index contributed by atoms with van der Waals surface area (Å²) in [6.45, 7) is 1.44. The molecule has 2 nitrogen and oxygen atoms in total. The van der Waals surface area contributed by atoms with E-state index >= 15 is 0 Å². The molecule has 0 amide bonds. The lowest BCUT2D eigenvalue weighted by Gasteiger charge is -2.02. The first-order valence-corrected chi connectivity index (χ1v) is 4.59. The number of halogens is 1. The van der Waals surface area contributed by atoms with Gasteiger partial charge in [-0.05, 0) is 43.6 Å². The summed E-state index contributed by atoms with van der Waals surface area (Å²) in [4.78, 5) is 3.93. The van der Waals surface area contributed by atoms with Crippen molar-refractivity contribution < 1.29 is 4.39 Å². The van der Waals surface area contributed by atoms with Crippen LogP contribution in [-0.2, 0) is 6.42 Å². The van der Waals surface area contributed by atoms with Gasteiger partial charge in [0.25, 0.3) is 0 Å². The molecule has 0 unspecified atom stereocenters. The Labute approximate surface area is 78.2 Å². The van der Waals surface area contributed by atoms with E-state index in [0.717, 1.165) is 19.5 Å². The van der Waals surface area contributed by atoms with Crippen molar-refractivity contribution in [3.8, 4) is 0 Å². The molecule has 0 aliphatic rings. The summed E-state index contributed by atoms with van der Waals surface area (Å²) < 4.78 is 11.7. The van der Waals surface area contributed by atoms with Crippen LogP contribution in [0, 0.1) is 0 Å². The number of hydrogen-bond acceptors (Lipinski definition) is 2. The zero-order valence-corrected chi connectivity index (χ0v) is 7.67. The van der Waals surface area contributed by atoms with Gasteiger partial charge in [-0.1, -0.05) is 0 Å². The molecular weight excluding hydrogens is 167 g/mol. The maximum Gasteiger partial charge on any atom is 0.0906 e. The maximum atomic E-state index is 11.7. The summed E-state index contributed by atoms with van der Waals surface area (Å²) in [5, 5.41) is 3.17. The second-order valence-corrected chi connectivity index (χ2v) is 2.90. The van der Waals surface area contributed by atoms with Gasteiger partial charge in [-0.3, -0.25) is 9.37 Å². The largest absolute Gasteiger partial charge is 0.316 e. The van der Waals surface area contributed by atoms with Gasteiger partial charge in [0.15, 0.2) is 0 Å². The van der Waals surface area contributed by atoms with Crippen molar-refractivity contribution in [2.75, 3.05) is 19.8 Å². The van der Waals surface area contributed by atoms with Crippen molar-refractivity contribution in [2.24, 2.45) is 0 Å². The van der Waals surface area contributed by atoms with E-state index in [4.69, 9.17) is 0 Å². The number of pyridine rings is 1. The van der Waals surface area contributed by atoms with Crippen LogP contribution in [0.15, 0.2) is 24.5 Å². The van der Waals surface area contributed by atoms with Crippen LogP contribution < -0.4 is 5.32 Å². The monoisotopic (exact) mass is 182 g/mol. The molecule has 0 aliphatic carbocycles.